The number of H-pyrrole nitrogens is 1. The Morgan fingerprint density at radius 2 is 1.93 bits per heavy atom. The minimum Gasteiger partial charge on any atom is -0.493 e. The lowest BCUT2D eigenvalue weighted by atomic mass is 9.86. The first-order valence-electron chi connectivity index (χ1n) is 9.07. The molecule has 0 bridgehead atoms. The third kappa shape index (κ3) is 2.92. The molecule has 0 fully saturated rings. The van der Waals surface area contributed by atoms with Crippen molar-refractivity contribution in [3.8, 4) is 17.6 Å². The predicted molar refractivity (Wildman–Crippen MR) is 105 cm³/mol. The van der Waals surface area contributed by atoms with Crippen molar-refractivity contribution in [2.24, 2.45) is 0 Å². The van der Waals surface area contributed by atoms with E-state index >= 15 is 0 Å². The van der Waals surface area contributed by atoms with Crippen LogP contribution in [0.4, 0.5) is 0 Å². The maximum atomic E-state index is 9.84. The number of likely N-dealkylation sites (N-methyl/N-ethyl adjacent to an activating group) is 1. The third-order valence-electron chi connectivity index (χ3n) is 5.63. The molecule has 0 spiro atoms. The molecule has 2 heterocycles. The van der Waals surface area contributed by atoms with Crippen LogP contribution in [-0.4, -0.2) is 37.2 Å². The molecule has 138 valence electrons. The molecule has 1 aliphatic heterocycles. The van der Waals surface area contributed by atoms with Crippen molar-refractivity contribution < 1.29 is 9.47 Å². The summed E-state index contributed by atoms with van der Waals surface area (Å²) in [6, 6.07) is 14.7. The monoisotopic (exact) mass is 361 g/mol. The molecular formula is C22H23N3O2. The van der Waals surface area contributed by atoms with Crippen molar-refractivity contribution in [2.75, 3.05) is 21.3 Å². The normalized spacial score (nSPS) is 19.5. The van der Waals surface area contributed by atoms with Gasteiger partial charge in [0, 0.05) is 23.1 Å². The van der Waals surface area contributed by atoms with E-state index < -0.39 is 0 Å². The van der Waals surface area contributed by atoms with Gasteiger partial charge < -0.3 is 14.5 Å². The number of nitrogens with one attached hydrogen (secondary N) is 1. The molecule has 0 saturated carbocycles. The van der Waals surface area contributed by atoms with Gasteiger partial charge >= 0.3 is 0 Å². The van der Waals surface area contributed by atoms with Gasteiger partial charge in [-0.1, -0.05) is 18.2 Å². The van der Waals surface area contributed by atoms with Gasteiger partial charge in [-0.05, 0) is 54.8 Å². The second kappa shape index (κ2) is 6.98. The summed E-state index contributed by atoms with van der Waals surface area (Å²) in [6.45, 7) is 0. The SMILES string of the molecule is COc1cc2c(cc1OC)C(C#N)N(C)C(Cc1c[nH]c3ccccc13)C2. The highest BCUT2D eigenvalue weighted by Gasteiger charge is 2.33. The molecule has 4 rings (SSSR count). The highest BCUT2D eigenvalue weighted by molar-refractivity contribution is 5.83. The van der Waals surface area contributed by atoms with Crippen LogP contribution < -0.4 is 9.47 Å². The number of aromatic nitrogens is 1. The van der Waals surface area contributed by atoms with E-state index in [1.54, 1.807) is 14.2 Å². The summed E-state index contributed by atoms with van der Waals surface area (Å²) in [6.07, 6.45) is 3.83. The van der Waals surface area contributed by atoms with E-state index in [4.69, 9.17) is 9.47 Å². The Hall–Kier alpha value is -2.97. The van der Waals surface area contributed by atoms with Gasteiger partial charge in [0.1, 0.15) is 6.04 Å². The molecule has 0 aliphatic carbocycles. The number of fused-ring (bicyclic) bond motifs is 2. The molecule has 3 aromatic rings. The number of nitrogens with zero attached hydrogens (tertiary/aromatic N) is 2. The van der Waals surface area contributed by atoms with Crippen molar-refractivity contribution in [1.29, 1.82) is 5.26 Å². The molecule has 5 nitrogen and oxygen atoms in total. The lowest BCUT2D eigenvalue weighted by Crippen LogP contribution is -2.42. The number of aromatic amines is 1. The molecule has 2 unspecified atom stereocenters. The summed E-state index contributed by atoms with van der Waals surface area (Å²) in [5, 5.41) is 11.1. The van der Waals surface area contributed by atoms with Crippen LogP contribution >= 0.6 is 0 Å². The number of methoxy groups -OCH3 is 2. The number of rotatable bonds is 4. The smallest absolute Gasteiger partial charge is 0.161 e. The zero-order chi connectivity index (χ0) is 19.0. The molecule has 1 aromatic heterocycles. The second-order valence-electron chi connectivity index (χ2n) is 7.02. The average Bonchev–Trinajstić information content (AvgIpc) is 3.11. The molecule has 27 heavy (non-hydrogen) atoms. The maximum Gasteiger partial charge on any atom is 0.161 e. The Kier molecular flexibility index (Phi) is 4.51. The van der Waals surface area contributed by atoms with Crippen LogP contribution in [0.15, 0.2) is 42.6 Å². The minimum absolute atomic E-state index is 0.236. The fourth-order valence-electron chi connectivity index (χ4n) is 4.13. The Balaban J connectivity index is 1.71. The van der Waals surface area contributed by atoms with Crippen molar-refractivity contribution >= 4 is 10.9 Å². The summed E-state index contributed by atoms with van der Waals surface area (Å²) >= 11 is 0. The predicted octanol–water partition coefficient (Wildman–Crippen LogP) is 3.85. The summed E-state index contributed by atoms with van der Waals surface area (Å²) in [5.74, 6) is 1.38. The Bertz CT molecular complexity index is 1020. The van der Waals surface area contributed by atoms with E-state index in [9.17, 15) is 5.26 Å². The molecule has 2 aromatic carbocycles. The van der Waals surface area contributed by atoms with Crippen molar-refractivity contribution in [2.45, 2.75) is 24.9 Å². The zero-order valence-electron chi connectivity index (χ0n) is 15.8. The summed E-state index contributed by atoms with van der Waals surface area (Å²) in [4.78, 5) is 5.53. The second-order valence-corrected chi connectivity index (χ2v) is 7.02. The first kappa shape index (κ1) is 17.4. The Labute approximate surface area is 159 Å². The van der Waals surface area contributed by atoms with Crippen LogP contribution in [0.1, 0.15) is 22.7 Å². The van der Waals surface area contributed by atoms with E-state index in [1.807, 2.05) is 25.2 Å². The number of benzene rings is 2. The lowest BCUT2D eigenvalue weighted by molar-refractivity contribution is 0.187. The summed E-state index contributed by atoms with van der Waals surface area (Å²) in [7, 11) is 5.30. The van der Waals surface area contributed by atoms with Crippen LogP contribution in [0.25, 0.3) is 10.9 Å². The fourth-order valence-corrected chi connectivity index (χ4v) is 4.13. The van der Waals surface area contributed by atoms with E-state index in [0.717, 1.165) is 29.5 Å². The topological polar surface area (TPSA) is 61.3 Å². The molecule has 5 heteroatoms. The van der Waals surface area contributed by atoms with Crippen LogP contribution in [0, 0.1) is 11.3 Å². The van der Waals surface area contributed by atoms with E-state index in [1.165, 1.54) is 10.9 Å². The summed E-state index contributed by atoms with van der Waals surface area (Å²) in [5.41, 5.74) is 4.59. The molecule has 1 N–H and O–H groups in total. The number of hydrogen-bond acceptors (Lipinski definition) is 4. The lowest BCUT2D eigenvalue weighted by Gasteiger charge is -2.38. The van der Waals surface area contributed by atoms with Crippen molar-refractivity contribution in [1.82, 2.24) is 9.88 Å². The van der Waals surface area contributed by atoms with Gasteiger partial charge in [0.05, 0.1) is 20.3 Å². The Morgan fingerprint density at radius 3 is 2.67 bits per heavy atom. The molecule has 1 aliphatic rings. The quantitative estimate of drug-likeness (QED) is 0.767. The van der Waals surface area contributed by atoms with Crippen LogP contribution in [0.2, 0.25) is 0 Å². The molecule has 0 radical (unpaired) electrons. The molecule has 0 amide bonds. The standard InChI is InChI=1S/C22H23N3O2/c1-25-16(9-15-13-24-19-7-5-4-6-17(15)19)8-14-10-21(26-2)22(27-3)11-18(14)20(25)12-23/h4-7,10-11,13,16,20,24H,8-9H2,1-3H3. The van der Waals surface area contributed by atoms with Crippen LogP contribution in [0.3, 0.4) is 0 Å². The fraction of sp³-hybridized carbons (Fsp3) is 0.318. The van der Waals surface area contributed by atoms with Gasteiger partial charge in [-0.3, -0.25) is 4.90 Å². The largest absolute Gasteiger partial charge is 0.493 e. The highest BCUT2D eigenvalue weighted by atomic mass is 16.5. The number of nitriles is 1. The van der Waals surface area contributed by atoms with Crippen LogP contribution in [-0.2, 0) is 12.8 Å². The average molecular weight is 361 g/mol. The first-order valence-corrected chi connectivity index (χ1v) is 9.07. The van der Waals surface area contributed by atoms with Crippen molar-refractivity contribution in [3.05, 3.63) is 59.3 Å². The first-order chi connectivity index (χ1) is 13.2. The number of ether oxygens (including phenoxy) is 2. The Morgan fingerprint density at radius 1 is 1.19 bits per heavy atom. The third-order valence-corrected chi connectivity index (χ3v) is 5.63. The van der Waals surface area contributed by atoms with Gasteiger partial charge in [-0.25, -0.2) is 0 Å². The van der Waals surface area contributed by atoms with Crippen molar-refractivity contribution in [3.63, 3.8) is 0 Å². The van der Waals surface area contributed by atoms with Gasteiger partial charge in [-0.2, -0.15) is 5.26 Å². The van der Waals surface area contributed by atoms with Gasteiger partial charge in [0.15, 0.2) is 11.5 Å². The summed E-state index contributed by atoms with van der Waals surface area (Å²) < 4.78 is 10.9. The minimum atomic E-state index is -0.302. The molecule has 2 atom stereocenters. The van der Waals surface area contributed by atoms with Gasteiger partial charge in [0.2, 0.25) is 0 Å². The van der Waals surface area contributed by atoms with Crippen LogP contribution in [0.5, 0.6) is 11.5 Å². The van der Waals surface area contributed by atoms with Gasteiger partial charge in [-0.15, -0.1) is 0 Å². The van der Waals surface area contributed by atoms with E-state index in [0.29, 0.717) is 11.5 Å². The highest BCUT2D eigenvalue weighted by Crippen LogP contribution is 2.40. The molecule has 0 saturated heterocycles. The van der Waals surface area contributed by atoms with E-state index in [-0.39, 0.29) is 12.1 Å². The molecular weight excluding hydrogens is 338 g/mol. The number of para-hydroxylation sites is 1. The zero-order valence-corrected chi connectivity index (χ0v) is 15.8. The van der Waals surface area contributed by atoms with E-state index in [2.05, 4.69) is 40.3 Å². The van der Waals surface area contributed by atoms with Gasteiger partial charge in [0.25, 0.3) is 0 Å². The maximum absolute atomic E-state index is 9.84. The number of hydrogen-bond donors (Lipinski definition) is 1.